The highest BCUT2D eigenvalue weighted by atomic mass is 16.3. The molecule has 4 atom stereocenters. The van der Waals surface area contributed by atoms with E-state index in [4.69, 9.17) is 0 Å². The van der Waals surface area contributed by atoms with Crippen molar-refractivity contribution in [3.63, 3.8) is 0 Å². The molecular weight excluding hydrogens is 244 g/mol. The van der Waals surface area contributed by atoms with E-state index in [0.717, 1.165) is 18.3 Å². The topological polar surface area (TPSA) is 20.2 Å². The van der Waals surface area contributed by atoms with Gasteiger partial charge in [-0.05, 0) is 67.6 Å². The fraction of sp³-hybridized carbons (Fsp3) is 1.00. The molecular formula is C19H36O. The Labute approximate surface area is 126 Å². The molecule has 20 heavy (non-hydrogen) atoms. The van der Waals surface area contributed by atoms with Gasteiger partial charge < -0.3 is 5.11 Å². The minimum atomic E-state index is -0.451. The summed E-state index contributed by atoms with van der Waals surface area (Å²) in [5, 5.41) is 11.0. The summed E-state index contributed by atoms with van der Waals surface area (Å²) in [5.41, 5.74) is 0.353. The van der Waals surface area contributed by atoms with Crippen LogP contribution in [-0.2, 0) is 0 Å². The Morgan fingerprint density at radius 2 is 1.70 bits per heavy atom. The molecule has 0 bridgehead atoms. The molecule has 2 fully saturated rings. The molecule has 0 heterocycles. The van der Waals surface area contributed by atoms with Crippen LogP contribution in [0.2, 0.25) is 0 Å². The molecule has 0 aliphatic heterocycles. The van der Waals surface area contributed by atoms with Crippen LogP contribution in [0.15, 0.2) is 0 Å². The van der Waals surface area contributed by atoms with Crippen molar-refractivity contribution in [2.24, 2.45) is 28.6 Å². The van der Waals surface area contributed by atoms with E-state index >= 15 is 0 Å². The molecule has 2 saturated carbocycles. The van der Waals surface area contributed by atoms with Crippen LogP contribution < -0.4 is 0 Å². The van der Waals surface area contributed by atoms with E-state index in [-0.39, 0.29) is 0 Å². The first kappa shape index (κ1) is 16.3. The number of rotatable bonds is 3. The molecule has 118 valence electrons. The van der Waals surface area contributed by atoms with Crippen molar-refractivity contribution < 1.29 is 5.11 Å². The first-order valence-electron chi connectivity index (χ1n) is 8.82. The molecule has 2 aliphatic rings. The Balaban J connectivity index is 2.28. The second-order valence-corrected chi connectivity index (χ2v) is 9.32. The van der Waals surface area contributed by atoms with E-state index < -0.39 is 5.60 Å². The molecule has 0 aromatic carbocycles. The Morgan fingerprint density at radius 3 is 2.30 bits per heavy atom. The largest absolute Gasteiger partial charge is 0.390 e. The Hall–Kier alpha value is -0.0400. The average molecular weight is 280 g/mol. The SMILES string of the molecule is CC(C)CC[C@H]1[C@@]2(C)CCCC(C)(C)[C@H]2CC[C@@]1(C)O. The first-order valence-corrected chi connectivity index (χ1v) is 8.82. The molecule has 0 unspecified atom stereocenters. The van der Waals surface area contributed by atoms with Crippen LogP contribution in [0.5, 0.6) is 0 Å². The van der Waals surface area contributed by atoms with Gasteiger partial charge in [0.2, 0.25) is 0 Å². The molecule has 0 aromatic rings. The van der Waals surface area contributed by atoms with Crippen molar-refractivity contribution in [3.8, 4) is 0 Å². The van der Waals surface area contributed by atoms with Gasteiger partial charge in [-0.3, -0.25) is 0 Å². The summed E-state index contributed by atoms with van der Waals surface area (Å²) in [5.74, 6) is 2.02. The number of fused-ring (bicyclic) bond motifs is 1. The van der Waals surface area contributed by atoms with E-state index in [2.05, 4.69) is 41.5 Å². The highest BCUT2D eigenvalue weighted by Crippen LogP contribution is 2.62. The van der Waals surface area contributed by atoms with Crippen LogP contribution in [0.4, 0.5) is 0 Å². The minimum absolute atomic E-state index is 0.346. The van der Waals surface area contributed by atoms with Crippen molar-refractivity contribution in [1.29, 1.82) is 0 Å². The van der Waals surface area contributed by atoms with E-state index in [1.54, 1.807) is 0 Å². The van der Waals surface area contributed by atoms with E-state index in [9.17, 15) is 5.11 Å². The van der Waals surface area contributed by atoms with E-state index in [1.807, 2.05) is 0 Å². The van der Waals surface area contributed by atoms with Crippen LogP contribution in [0.3, 0.4) is 0 Å². The van der Waals surface area contributed by atoms with Crippen molar-refractivity contribution in [3.05, 3.63) is 0 Å². The molecule has 2 rings (SSSR count). The van der Waals surface area contributed by atoms with Gasteiger partial charge in [0.25, 0.3) is 0 Å². The normalized spacial score (nSPS) is 44.4. The van der Waals surface area contributed by atoms with Crippen molar-refractivity contribution >= 4 is 0 Å². The zero-order chi connectivity index (χ0) is 15.2. The molecule has 0 amide bonds. The molecule has 1 N–H and O–H groups in total. The summed E-state index contributed by atoms with van der Waals surface area (Å²) >= 11 is 0. The number of hydrogen-bond acceptors (Lipinski definition) is 1. The zero-order valence-corrected chi connectivity index (χ0v) is 14.6. The second-order valence-electron chi connectivity index (χ2n) is 9.32. The van der Waals surface area contributed by atoms with Gasteiger partial charge in [-0.25, -0.2) is 0 Å². The first-order chi connectivity index (χ1) is 9.09. The molecule has 0 spiro atoms. The summed E-state index contributed by atoms with van der Waals surface area (Å²) in [6.45, 7) is 14.2. The Kier molecular flexibility index (Phi) is 4.33. The zero-order valence-electron chi connectivity index (χ0n) is 14.6. The van der Waals surface area contributed by atoms with E-state index in [1.165, 1.54) is 38.5 Å². The molecule has 0 saturated heterocycles. The van der Waals surface area contributed by atoms with Crippen LogP contribution >= 0.6 is 0 Å². The summed E-state index contributed by atoms with van der Waals surface area (Å²) in [7, 11) is 0. The highest BCUT2D eigenvalue weighted by Gasteiger charge is 2.57. The van der Waals surface area contributed by atoms with Gasteiger partial charge in [-0.15, -0.1) is 0 Å². The lowest BCUT2D eigenvalue weighted by atomic mass is 9.45. The predicted molar refractivity (Wildman–Crippen MR) is 86.6 cm³/mol. The van der Waals surface area contributed by atoms with Crippen molar-refractivity contribution in [2.75, 3.05) is 0 Å². The highest BCUT2D eigenvalue weighted by molar-refractivity contribution is 5.07. The lowest BCUT2D eigenvalue weighted by Gasteiger charge is -2.61. The minimum Gasteiger partial charge on any atom is -0.390 e. The lowest BCUT2D eigenvalue weighted by Crippen LogP contribution is -2.57. The van der Waals surface area contributed by atoms with Gasteiger partial charge in [-0.1, -0.05) is 47.5 Å². The molecule has 1 nitrogen and oxygen atoms in total. The fourth-order valence-corrected chi connectivity index (χ4v) is 5.77. The van der Waals surface area contributed by atoms with Gasteiger partial charge in [0.15, 0.2) is 0 Å². The van der Waals surface area contributed by atoms with Gasteiger partial charge in [0.1, 0.15) is 0 Å². The van der Waals surface area contributed by atoms with Gasteiger partial charge in [0.05, 0.1) is 5.60 Å². The van der Waals surface area contributed by atoms with Crippen molar-refractivity contribution in [2.45, 2.75) is 92.1 Å². The standard InChI is InChI=1S/C19H36O/c1-14(2)8-9-16-18(5)12-7-11-17(3,4)15(18)10-13-19(16,6)20/h14-16,20H,7-13H2,1-6H3/t15-,16+,18+,19-/m1/s1. The maximum atomic E-state index is 11.0. The smallest absolute Gasteiger partial charge is 0.0653 e. The lowest BCUT2D eigenvalue weighted by molar-refractivity contribution is -0.170. The third-order valence-electron chi connectivity index (χ3n) is 6.79. The number of hydrogen-bond donors (Lipinski definition) is 1. The van der Waals surface area contributed by atoms with Crippen LogP contribution in [-0.4, -0.2) is 10.7 Å². The van der Waals surface area contributed by atoms with Crippen molar-refractivity contribution in [1.82, 2.24) is 0 Å². The fourth-order valence-electron chi connectivity index (χ4n) is 5.77. The van der Waals surface area contributed by atoms with Gasteiger partial charge in [0, 0.05) is 0 Å². The van der Waals surface area contributed by atoms with Gasteiger partial charge in [-0.2, -0.15) is 0 Å². The summed E-state index contributed by atoms with van der Waals surface area (Å²) in [6.07, 6.45) is 8.70. The third kappa shape index (κ3) is 2.80. The van der Waals surface area contributed by atoms with E-state index in [0.29, 0.717) is 16.7 Å². The maximum absolute atomic E-state index is 11.0. The summed E-state index contributed by atoms with van der Waals surface area (Å²) in [6, 6.07) is 0. The molecule has 0 aromatic heterocycles. The van der Waals surface area contributed by atoms with Crippen LogP contribution in [0, 0.1) is 28.6 Å². The van der Waals surface area contributed by atoms with Crippen LogP contribution in [0.25, 0.3) is 0 Å². The average Bonchev–Trinajstić information content (AvgIpc) is 2.25. The second kappa shape index (κ2) is 5.30. The summed E-state index contributed by atoms with van der Waals surface area (Å²) in [4.78, 5) is 0. The quantitative estimate of drug-likeness (QED) is 0.732. The van der Waals surface area contributed by atoms with Crippen LogP contribution in [0.1, 0.15) is 86.5 Å². The molecule has 1 heteroatoms. The number of aliphatic hydroxyl groups is 1. The molecule has 2 aliphatic carbocycles. The monoisotopic (exact) mass is 280 g/mol. The maximum Gasteiger partial charge on any atom is 0.0653 e. The summed E-state index contributed by atoms with van der Waals surface area (Å²) < 4.78 is 0. The Morgan fingerprint density at radius 1 is 1.05 bits per heavy atom. The molecule has 0 radical (unpaired) electrons. The Bertz CT molecular complexity index is 342. The third-order valence-corrected chi connectivity index (χ3v) is 6.79. The predicted octanol–water partition coefficient (Wildman–Crippen LogP) is 5.42. The van der Waals surface area contributed by atoms with Gasteiger partial charge >= 0.3 is 0 Å².